The van der Waals surface area contributed by atoms with Gasteiger partial charge in [0.2, 0.25) is 11.8 Å². The molecule has 0 heterocycles. The number of carboxylic acids is 2. The van der Waals surface area contributed by atoms with Crippen molar-refractivity contribution in [2.75, 3.05) is 6.54 Å². The number of nitrogens with one attached hydrogen (secondary N) is 2. The zero-order valence-corrected chi connectivity index (χ0v) is 16.9. The number of hydrogen-bond acceptors (Lipinski definition) is 6. The molecule has 0 bridgehead atoms. The second kappa shape index (κ2) is 12.8. The molecule has 0 saturated carbocycles. The normalized spacial score (nSPS) is 13.3. The highest BCUT2D eigenvalue weighted by Crippen LogP contribution is 2.06. The van der Waals surface area contributed by atoms with Gasteiger partial charge in [0.15, 0.2) is 5.96 Å². The van der Waals surface area contributed by atoms with E-state index in [1.807, 2.05) is 0 Å². The minimum absolute atomic E-state index is 0.0541. The molecule has 12 nitrogen and oxygen atoms in total. The van der Waals surface area contributed by atoms with Gasteiger partial charge >= 0.3 is 11.9 Å². The largest absolute Gasteiger partial charge is 0.481 e. The summed E-state index contributed by atoms with van der Waals surface area (Å²) >= 11 is 0. The van der Waals surface area contributed by atoms with E-state index in [0.717, 1.165) is 0 Å². The molecule has 170 valence electrons. The number of nitrogens with zero attached hydrogens (tertiary/aromatic N) is 1. The Kier molecular flexibility index (Phi) is 10.5. The van der Waals surface area contributed by atoms with Crippen molar-refractivity contribution in [3.05, 3.63) is 35.9 Å². The number of nitrogens with two attached hydrogens (primary N) is 3. The van der Waals surface area contributed by atoms with E-state index in [2.05, 4.69) is 15.6 Å². The third kappa shape index (κ3) is 10.1. The van der Waals surface area contributed by atoms with E-state index >= 15 is 0 Å². The Labute approximate surface area is 178 Å². The average Bonchev–Trinajstić information content (AvgIpc) is 2.69. The molecule has 10 N–H and O–H groups in total. The second-order valence-corrected chi connectivity index (χ2v) is 6.80. The van der Waals surface area contributed by atoms with E-state index in [1.165, 1.54) is 0 Å². The number of carboxylic acid groups (broad SMARTS) is 2. The fourth-order valence-corrected chi connectivity index (χ4v) is 2.65. The number of amides is 2. The molecule has 1 rings (SSSR count). The van der Waals surface area contributed by atoms with Gasteiger partial charge in [-0.2, -0.15) is 0 Å². The minimum atomic E-state index is -1.36. The first kappa shape index (κ1) is 25.4. The predicted molar refractivity (Wildman–Crippen MR) is 112 cm³/mol. The summed E-state index contributed by atoms with van der Waals surface area (Å²) in [5.41, 5.74) is 16.7. The number of carbonyl (C=O) groups is 4. The predicted octanol–water partition coefficient (Wildman–Crippen LogP) is -1.86. The molecule has 3 atom stereocenters. The molecule has 0 fully saturated rings. The highest BCUT2D eigenvalue weighted by Gasteiger charge is 2.28. The van der Waals surface area contributed by atoms with Crippen molar-refractivity contribution < 1.29 is 29.4 Å². The maximum absolute atomic E-state index is 12.8. The SMILES string of the molecule is NC(N)=NCCC[C@H](NC(=O)[C@H](Cc1ccccc1)NC(=O)[C@@H](N)CC(=O)O)C(=O)O. The third-order valence-electron chi connectivity index (χ3n) is 4.21. The maximum Gasteiger partial charge on any atom is 0.326 e. The molecule has 0 radical (unpaired) electrons. The van der Waals surface area contributed by atoms with E-state index in [0.29, 0.717) is 12.0 Å². The minimum Gasteiger partial charge on any atom is -0.481 e. The van der Waals surface area contributed by atoms with Crippen LogP contribution >= 0.6 is 0 Å². The van der Waals surface area contributed by atoms with Gasteiger partial charge in [-0.15, -0.1) is 0 Å². The molecule has 2 amide bonds. The van der Waals surface area contributed by atoms with Crippen LogP contribution in [0.1, 0.15) is 24.8 Å². The smallest absolute Gasteiger partial charge is 0.326 e. The molecule has 0 saturated heterocycles. The van der Waals surface area contributed by atoms with E-state index in [-0.39, 0.29) is 25.3 Å². The Morgan fingerprint density at radius 3 is 2.13 bits per heavy atom. The van der Waals surface area contributed by atoms with Crippen LogP contribution in [0.25, 0.3) is 0 Å². The van der Waals surface area contributed by atoms with Crippen LogP contribution in [-0.2, 0) is 25.6 Å². The number of hydrogen-bond donors (Lipinski definition) is 7. The molecule has 0 aliphatic carbocycles. The van der Waals surface area contributed by atoms with Crippen molar-refractivity contribution in [2.24, 2.45) is 22.2 Å². The lowest BCUT2D eigenvalue weighted by Gasteiger charge is -2.23. The second-order valence-electron chi connectivity index (χ2n) is 6.80. The fourth-order valence-electron chi connectivity index (χ4n) is 2.65. The van der Waals surface area contributed by atoms with E-state index in [1.54, 1.807) is 30.3 Å². The number of carbonyl (C=O) groups excluding carboxylic acids is 2. The van der Waals surface area contributed by atoms with Crippen LogP contribution in [0.3, 0.4) is 0 Å². The van der Waals surface area contributed by atoms with E-state index < -0.39 is 48.3 Å². The van der Waals surface area contributed by atoms with Gasteiger partial charge in [0.1, 0.15) is 12.1 Å². The maximum atomic E-state index is 12.8. The van der Waals surface area contributed by atoms with Crippen LogP contribution in [0.2, 0.25) is 0 Å². The topological polar surface area (TPSA) is 223 Å². The summed E-state index contributed by atoms with van der Waals surface area (Å²) in [6.07, 6.45) is -0.205. The summed E-state index contributed by atoms with van der Waals surface area (Å²) in [5, 5.41) is 23.0. The Hall–Kier alpha value is -3.67. The number of rotatable bonds is 13. The van der Waals surface area contributed by atoms with E-state index in [4.69, 9.17) is 22.3 Å². The summed E-state index contributed by atoms with van der Waals surface area (Å²) in [7, 11) is 0. The summed E-state index contributed by atoms with van der Waals surface area (Å²) in [4.78, 5) is 51.1. The average molecular weight is 436 g/mol. The highest BCUT2D eigenvalue weighted by atomic mass is 16.4. The van der Waals surface area contributed by atoms with Crippen LogP contribution in [0.15, 0.2) is 35.3 Å². The highest BCUT2D eigenvalue weighted by molar-refractivity contribution is 5.93. The van der Waals surface area contributed by atoms with Crippen molar-refractivity contribution in [3.63, 3.8) is 0 Å². The molecule has 0 aliphatic heterocycles. The van der Waals surface area contributed by atoms with Gasteiger partial charge < -0.3 is 38.0 Å². The molecular formula is C19H28N6O6. The lowest BCUT2D eigenvalue weighted by Crippen LogP contribution is -2.55. The number of aliphatic imine (C=N–C) groups is 1. The van der Waals surface area contributed by atoms with Crippen LogP contribution in [0, 0.1) is 0 Å². The van der Waals surface area contributed by atoms with Crippen LogP contribution in [0.5, 0.6) is 0 Å². The van der Waals surface area contributed by atoms with Gasteiger partial charge in [0.25, 0.3) is 0 Å². The lowest BCUT2D eigenvalue weighted by atomic mass is 10.0. The Balaban J connectivity index is 2.89. The van der Waals surface area contributed by atoms with Gasteiger partial charge in [0, 0.05) is 13.0 Å². The van der Waals surface area contributed by atoms with Crippen LogP contribution in [0.4, 0.5) is 0 Å². The molecule has 1 aromatic rings. The molecule has 1 aromatic carbocycles. The zero-order valence-electron chi connectivity index (χ0n) is 16.9. The summed E-state index contributed by atoms with van der Waals surface area (Å²) in [5.74, 6) is -4.23. The van der Waals surface area contributed by atoms with Gasteiger partial charge in [0.05, 0.1) is 12.5 Å². The summed E-state index contributed by atoms with van der Waals surface area (Å²) < 4.78 is 0. The van der Waals surface area contributed by atoms with E-state index in [9.17, 15) is 24.3 Å². The first-order chi connectivity index (χ1) is 14.6. The first-order valence-corrected chi connectivity index (χ1v) is 9.50. The van der Waals surface area contributed by atoms with Crippen LogP contribution in [-0.4, -0.2) is 64.6 Å². The standard InChI is InChI=1S/C19H28N6O6/c20-12(10-15(26)27)16(28)25-14(9-11-5-2-1-3-6-11)17(29)24-13(18(30)31)7-4-8-23-19(21)22/h1-3,5-6,12-14H,4,7-10,20H2,(H,24,29)(H,25,28)(H,26,27)(H,30,31)(H4,21,22,23)/t12-,13-,14-/m0/s1. The van der Waals surface area contributed by atoms with Crippen molar-refractivity contribution >= 4 is 29.7 Å². The van der Waals surface area contributed by atoms with Crippen molar-refractivity contribution in [1.29, 1.82) is 0 Å². The monoisotopic (exact) mass is 436 g/mol. The molecule has 0 spiro atoms. The molecule has 0 unspecified atom stereocenters. The number of aliphatic carboxylic acids is 2. The molecule has 31 heavy (non-hydrogen) atoms. The van der Waals surface area contributed by atoms with Crippen molar-refractivity contribution in [2.45, 2.75) is 43.8 Å². The zero-order chi connectivity index (χ0) is 23.4. The first-order valence-electron chi connectivity index (χ1n) is 9.50. The molecule has 0 aromatic heterocycles. The Bertz CT molecular complexity index is 796. The third-order valence-corrected chi connectivity index (χ3v) is 4.21. The van der Waals surface area contributed by atoms with Gasteiger partial charge in [-0.1, -0.05) is 30.3 Å². The van der Waals surface area contributed by atoms with Gasteiger partial charge in [-0.3, -0.25) is 19.4 Å². The molecular weight excluding hydrogens is 408 g/mol. The van der Waals surface area contributed by atoms with Gasteiger partial charge in [-0.25, -0.2) is 4.79 Å². The van der Waals surface area contributed by atoms with Crippen molar-refractivity contribution in [3.8, 4) is 0 Å². The Morgan fingerprint density at radius 1 is 0.968 bits per heavy atom. The number of benzene rings is 1. The quantitative estimate of drug-likeness (QED) is 0.104. The fraction of sp³-hybridized carbons (Fsp3) is 0.421. The Morgan fingerprint density at radius 2 is 1.58 bits per heavy atom. The lowest BCUT2D eigenvalue weighted by molar-refractivity contribution is -0.143. The summed E-state index contributed by atoms with van der Waals surface area (Å²) in [6.45, 7) is 0.191. The van der Waals surface area contributed by atoms with Gasteiger partial charge in [-0.05, 0) is 18.4 Å². The molecule has 12 heteroatoms. The van der Waals surface area contributed by atoms with Crippen LogP contribution < -0.4 is 27.8 Å². The van der Waals surface area contributed by atoms with Crippen molar-refractivity contribution in [1.82, 2.24) is 10.6 Å². The molecule has 0 aliphatic rings. The number of guanidine groups is 1. The summed E-state index contributed by atoms with van der Waals surface area (Å²) in [6, 6.07) is 4.97.